The molecule has 22 heavy (non-hydrogen) atoms. The summed E-state index contributed by atoms with van der Waals surface area (Å²) in [6, 6.07) is 12.9. The van der Waals surface area contributed by atoms with E-state index in [-0.39, 0.29) is 18.7 Å². The fourth-order valence-corrected chi connectivity index (χ4v) is 2.83. The van der Waals surface area contributed by atoms with Crippen LogP contribution in [-0.2, 0) is 0 Å². The lowest BCUT2D eigenvalue weighted by Crippen LogP contribution is -2.27. The highest BCUT2D eigenvalue weighted by atomic mass is 35.5. The first kappa shape index (κ1) is 17.1. The number of aliphatic hydroxyl groups excluding tert-OH is 1. The molecule has 2 unspecified atom stereocenters. The van der Waals surface area contributed by atoms with Crippen molar-refractivity contribution in [2.45, 2.75) is 19.0 Å². The van der Waals surface area contributed by atoms with Gasteiger partial charge in [0.2, 0.25) is 0 Å². The molecule has 0 radical (unpaired) electrons. The summed E-state index contributed by atoms with van der Waals surface area (Å²) in [4.78, 5) is 0. The maximum Gasteiger partial charge on any atom is 0.119 e. The van der Waals surface area contributed by atoms with Crippen molar-refractivity contribution in [1.82, 2.24) is 5.32 Å². The Morgan fingerprint density at radius 3 is 2.59 bits per heavy atom. The summed E-state index contributed by atoms with van der Waals surface area (Å²) >= 11 is 12.3. The van der Waals surface area contributed by atoms with Crippen LogP contribution in [0.2, 0.25) is 10.0 Å². The molecule has 0 saturated carbocycles. The van der Waals surface area contributed by atoms with Gasteiger partial charge in [0.15, 0.2) is 0 Å². The third kappa shape index (κ3) is 3.93. The van der Waals surface area contributed by atoms with E-state index in [1.165, 1.54) is 0 Å². The molecule has 0 aliphatic rings. The van der Waals surface area contributed by atoms with Crippen LogP contribution in [0.3, 0.4) is 0 Å². The summed E-state index contributed by atoms with van der Waals surface area (Å²) in [7, 11) is 1.62. The number of hydrogen-bond acceptors (Lipinski definition) is 3. The first-order chi connectivity index (χ1) is 10.6. The molecule has 2 atom stereocenters. The summed E-state index contributed by atoms with van der Waals surface area (Å²) in [5.74, 6) is 0.756. The Morgan fingerprint density at radius 1 is 1.18 bits per heavy atom. The van der Waals surface area contributed by atoms with Crippen molar-refractivity contribution in [1.29, 1.82) is 0 Å². The Kier molecular flexibility index (Phi) is 6.09. The van der Waals surface area contributed by atoms with E-state index in [4.69, 9.17) is 27.9 Å². The Labute approximate surface area is 140 Å². The van der Waals surface area contributed by atoms with Crippen molar-refractivity contribution in [3.05, 3.63) is 63.6 Å². The van der Waals surface area contributed by atoms with Gasteiger partial charge in [-0.2, -0.15) is 0 Å². The number of rotatable bonds is 6. The van der Waals surface area contributed by atoms with Gasteiger partial charge in [-0.3, -0.25) is 0 Å². The number of aliphatic hydroxyl groups is 1. The van der Waals surface area contributed by atoms with Crippen molar-refractivity contribution < 1.29 is 9.84 Å². The minimum absolute atomic E-state index is 0.0321. The predicted molar refractivity (Wildman–Crippen MR) is 90.8 cm³/mol. The number of ether oxygens (including phenoxy) is 1. The normalized spacial score (nSPS) is 13.7. The van der Waals surface area contributed by atoms with Crippen molar-refractivity contribution >= 4 is 23.2 Å². The monoisotopic (exact) mass is 339 g/mol. The van der Waals surface area contributed by atoms with Gasteiger partial charge in [-0.15, -0.1) is 0 Å². The minimum atomic E-state index is -0.222. The fourth-order valence-electron chi connectivity index (χ4n) is 2.36. The summed E-state index contributed by atoms with van der Waals surface area (Å²) in [6.07, 6.45) is 0. The molecule has 0 aromatic heterocycles. The zero-order valence-electron chi connectivity index (χ0n) is 12.5. The maximum atomic E-state index is 9.70. The number of methoxy groups -OCH3 is 1. The highest BCUT2D eigenvalue weighted by Gasteiger charge is 2.17. The molecule has 0 fully saturated rings. The fraction of sp³-hybridized carbons (Fsp3) is 0.294. The third-order valence-electron chi connectivity index (χ3n) is 3.58. The smallest absolute Gasteiger partial charge is 0.119 e. The Morgan fingerprint density at radius 2 is 1.91 bits per heavy atom. The van der Waals surface area contributed by atoms with E-state index in [2.05, 4.69) is 5.32 Å². The molecule has 0 aliphatic carbocycles. The van der Waals surface area contributed by atoms with Gasteiger partial charge < -0.3 is 15.2 Å². The van der Waals surface area contributed by atoms with Gasteiger partial charge in [0.25, 0.3) is 0 Å². The van der Waals surface area contributed by atoms with Crippen LogP contribution in [0.25, 0.3) is 0 Å². The van der Waals surface area contributed by atoms with Gasteiger partial charge in [-0.25, -0.2) is 0 Å². The molecule has 0 aliphatic heterocycles. The summed E-state index contributed by atoms with van der Waals surface area (Å²) in [5, 5.41) is 14.1. The molecule has 2 aromatic rings. The van der Waals surface area contributed by atoms with Crippen molar-refractivity contribution in [2.24, 2.45) is 0 Å². The molecule has 2 aromatic carbocycles. The lowest BCUT2D eigenvalue weighted by Gasteiger charge is -2.23. The number of hydrogen-bond donors (Lipinski definition) is 2. The summed E-state index contributed by atoms with van der Waals surface area (Å²) < 4.78 is 5.23. The Balaban J connectivity index is 2.20. The molecule has 0 heterocycles. The van der Waals surface area contributed by atoms with Gasteiger partial charge in [-0.1, -0.05) is 47.5 Å². The highest BCUT2D eigenvalue weighted by molar-refractivity contribution is 6.42. The molecule has 2 N–H and O–H groups in total. The molecule has 3 nitrogen and oxygen atoms in total. The van der Waals surface area contributed by atoms with Crippen molar-refractivity contribution in [3.63, 3.8) is 0 Å². The van der Waals surface area contributed by atoms with Crippen LogP contribution in [-0.4, -0.2) is 18.8 Å². The molecule has 0 amide bonds. The summed E-state index contributed by atoms with van der Waals surface area (Å²) in [6.45, 7) is 1.95. The van der Waals surface area contributed by atoms with Crippen LogP contribution in [0, 0.1) is 0 Å². The van der Waals surface area contributed by atoms with E-state index in [1.54, 1.807) is 13.2 Å². The lowest BCUT2D eigenvalue weighted by atomic mass is 10.0. The van der Waals surface area contributed by atoms with E-state index in [0.29, 0.717) is 10.0 Å². The highest BCUT2D eigenvalue weighted by Crippen LogP contribution is 2.31. The van der Waals surface area contributed by atoms with Gasteiger partial charge in [-0.05, 0) is 36.2 Å². The van der Waals surface area contributed by atoms with Crippen LogP contribution in [0.1, 0.15) is 30.1 Å². The zero-order valence-corrected chi connectivity index (χ0v) is 14.0. The molecule has 118 valence electrons. The molecular weight excluding hydrogens is 321 g/mol. The van der Waals surface area contributed by atoms with E-state index in [9.17, 15) is 5.11 Å². The third-order valence-corrected chi connectivity index (χ3v) is 4.41. The molecule has 2 rings (SSSR count). The van der Waals surface area contributed by atoms with E-state index < -0.39 is 0 Å². The Hall–Kier alpha value is -1.26. The van der Waals surface area contributed by atoms with Gasteiger partial charge in [0.1, 0.15) is 5.75 Å². The van der Waals surface area contributed by atoms with Crippen LogP contribution in [0.5, 0.6) is 5.75 Å². The van der Waals surface area contributed by atoms with Crippen LogP contribution in [0.15, 0.2) is 42.5 Å². The largest absolute Gasteiger partial charge is 0.497 e. The quantitative estimate of drug-likeness (QED) is 0.820. The van der Waals surface area contributed by atoms with Crippen LogP contribution < -0.4 is 10.1 Å². The van der Waals surface area contributed by atoms with Crippen LogP contribution in [0.4, 0.5) is 0 Å². The first-order valence-electron chi connectivity index (χ1n) is 7.01. The topological polar surface area (TPSA) is 41.5 Å². The first-order valence-corrected chi connectivity index (χ1v) is 7.77. The number of halogens is 2. The molecule has 0 bridgehead atoms. The average molecular weight is 340 g/mol. The number of nitrogens with one attached hydrogen (secondary N) is 1. The van der Waals surface area contributed by atoms with E-state index in [0.717, 1.165) is 16.9 Å². The second kappa shape index (κ2) is 7.84. The summed E-state index contributed by atoms with van der Waals surface area (Å²) in [5.41, 5.74) is 1.85. The minimum Gasteiger partial charge on any atom is -0.497 e. The van der Waals surface area contributed by atoms with Crippen LogP contribution >= 0.6 is 23.2 Å². The molecular formula is C17H19Cl2NO2. The molecule has 0 spiro atoms. The lowest BCUT2D eigenvalue weighted by molar-refractivity contribution is 0.235. The van der Waals surface area contributed by atoms with Crippen molar-refractivity contribution in [2.75, 3.05) is 13.7 Å². The standard InChI is InChI=1S/C17H19Cl2NO2/c1-11(14-7-4-8-15(18)17(14)19)20-16(10-21)12-5-3-6-13(9-12)22-2/h3-9,11,16,20-21H,10H2,1-2H3. The average Bonchev–Trinajstić information content (AvgIpc) is 2.55. The van der Waals surface area contributed by atoms with Gasteiger partial charge in [0, 0.05) is 6.04 Å². The van der Waals surface area contributed by atoms with Gasteiger partial charge in [0.05, 0.1) is 29.8 Å². The van der Waals surface area contributed by atoms with E-state index in [1.807, 2.05) is 43.3 Å². The molecule has 0 saturated heterocycles. The van der Waals surface area contributed by atoms with E-state index >= 15 is 0 Å². The second-order valence-corrected chi connectivity index (χ2v) is 5.83. The SMILES string of the molecule is COc1cccc(C(CO)NC(C)c2cccc(Cl)c2Cl)c1. The predicted octanol–water partition coefficient (Wildman–Crippen LogP) is 4.39. The zero-order chi connectivity index (χ0) is 16.1. The van der Waals surface area contributed by atoms with Crippen molar-refractivity contribution in [3.8, 4) is 5.75 Å². The maximum absolute atomic E-state index is 9.70. The number of benzene rings is 2. The second-order valence-electron chi connectivity index (χ2n) is 5.04. The molecule has 5 heteroatoms. The van der Waals surface area contributed by atoms with Gasteiger partial charge >= 0.3 is 0 Å². The Bertz CT molecular complexity index is 634.